The fraction of sp³-hybridized carbons (Fsp3) is 0.548. The highest BCUT2D eigenvalue weighted by Crippen LogP contribution is 2.30. The molecule has 3 N–H and O–H groups in total. The number of H-pyrrole nitrogens is 1. The molecule has 2 aliphatic rings. The van der Waals surface area contributed by atoms with E-state index in [0.717, 1.165) is 40.9 Å². The molecule has 0 unspecified atom stereocenters. The summed E-state index contributed by atoms with van der Waals surface area (Å²) >= 11 is 0. The summed E-state index contributed by atoms with van der Waals surface area (Å²) in [6, 6.07) is 9.85. The zero-order chi connectivity index (χ0) is 26.9. The van der Waals surface area contributed by atoms with E-state index in [0.29, 0.717) is 30.9 Å². The number of carbonyl (C=O) groups is 1. The van der Waals surface area contributed by atoms with Crippen LogP contribution >= 0.6 is 0 Å². The molecular formula is C31H45N5O2. The Balaban J connectivity index is 0.000000505. The smallest absolute Gasteiger partial charge is 0.256 e. The Labute approximate surface area is 227 Å². The lowest BCUT2D eigenvalue weighted by Gasteiger charge is -2.26. The molecule has 206 valence electrons. The van der Waals surface area contributed by atoms with Gasteiger partial charge in [0, 0.05) is 36.4 Å². The quantitative estimate of drug-likeness (QED) is 0.255. The predicted molar refractivity (Wildman–Crippen MR) is 156 cm³/mol. The lowest BCUT2D eigenvalue weighted by atomic mass is 10.1. The molecule has 7 nitrogen and oxygen atoms in total. The van der Waals surface area contributed by atoms with Crippen LogP contribution < -0.4 is 10.5 Å². The molecule has 0 radical (unpaired) electrons. The van der Waals surface area contributed by atoms with E-state index in [9.17, 15) is 4.79 Å². The fourth-order valence-corrected chi connectivity index (χ4v) is 5.33. The lowest BCUT2D eigenvalue weighted by Crippen LogP contribution is -2.33. The molecule has 0 aliphatic carbocycles. The Morgan fingerprint density at radius 1 is 1.00 bits per heavy atom. The number of benzene rings is 2. The highest BCUT2D eigenvalue weighted by atomic mass is 16.5. The number of hydrogen-bond donors (Lipinski definition) is 2. The second kappa shape index (κ2) is 13.7. The van der Waals surface area contributed by atoms with Gasteiger partial charge in [-0.05, 0) is 67.7 Å². The lowest BCUT2D eigenvalue weighted by molar-refractivity contribution is 0.0752. The van der Waals surface area contributed by atoms with Crippen molar-refractivity contribution in [2.45, 2.75) is 85.2 Å². The molecule has 0 spiro atoms. The number of nitrogens with zero attached hydrogens (tertiary/aromatic N) is 3. The van der Waals surface area contributed by atoms with Crippen molar-refractivity contribution in [1.82, 2.24) is 20.0 Å². The van der Waals surface area contributed by atoms with Gasteiger partial charge in [0.1, 0.15) is 12.4 Å². The molecule has 7 heteroatoms. The van der Waals surface area contributed by atoms with Crippen LogP contribution in [0.2, 0.25) is 0 Å². The predicted octanol–water partition coefficient (Wildman–Crippen LogP) is 6.31. The normalized spacial score (nSPS) is 15.3. The summed E-state index contributed by atoms with van der Waals surface area (Å²) in [7, 11) is 0. The standard InChI is InChI=1S/C25H31N5O2.C6H14/c1-2-23-21-13-20(22(26)14-24(21)28-27-23)25(31)30-15-17-6-7-19(12-18(17)16-30)32-11-10-29-8-4-3-5-9-29;1-3-5-6-4-2/h6-7,12-14H,2-5,8-11,15-16,26H2,1H3,(H,27,28);3-6H2,1-2H3. The first-order valence-corrected chi connectivity index (χ1v) is 14.6. The molecule has 0 bridgehead atoms. The third-order valence-electron chi connectivity index (χ3n) is 7.66. The van der Waals surface area contributed by atoms with Gasteiger partial charge in [0.05, 0.1) is 11.1 Å². The molecule has 3 heterocycles. The van der Waals surface area contributed by atoms with Crippen LogP contribution in [0.3, 0.4) is 0 Å². The van der Waals surface area contributed by atoms with Crippen molar-refractivity contribution in [3.05, 3.63) is 52.7 Å². The minimum atomic E-state index is -0.0450. The van der Waals surface area contributed by atoms with Gasteiger partial charge < -0.3 is 15.4 Å². The van der Waals surface area contributed by atoms with Crippen LogP contribution in [0, 0.1) is 0 Å². The largest absolute Gasteiger partial charge is 0.492 e. The SMILES string of the molecule is CCCCCC.CCc1[nH]nc2cc(N)c(C(=O)N3Cc4ccc(OCCN5CCCCC5)cc4C3)cc12. The number of nitrogens with two attached hydrogens (primary N) is 1. The number of unbranched alkanes of at least 4 members (excludes halogenated alkanes) is 3. The van der Waals surface area contributed by atoms with E-state index >= 15 is 0 Å². The Bertz CT molecular complexity index is 1190. The minimum Gasteiger partial charge on any atom is -0.492 e. The first-order chi connectivity index (χ1) is 18.5. The number of rotatable bonds is 9. The van der Waals surface area contributed by atoms with Crippen LogP contribution in [0.5, 0.6) is 5.75 Å². The molecule has 1 aromatic heterocycles. The monoisotopic (exact) mass is 519 g/mol. The number of hydrogen-bond acceptors (Lipinski definition) is 5. The number of likely N-dealkylation sites (tertiary alicyclic amines) is 1. The molecule has 3 aromatic rings. The van der Waals surface area contributed by atoms with Crippen LogP contribution in [0.4, 0.5) is 5.69 Å². The maximum absolute atomic E-state index is 13.3. The van der Waals surface area contributed by atoms with E-state index in [2.05, 4.69) is 48.0 Å². The highest BCUT2D eigenvalue weighted by molar-refractivity contribution is 6.04. The fourth-order valence-electron chi connectivity index (χ4n) is 5.33. The van der Waals surface area contributed by atoms with Crippen LogP contribution in [-0.4, -0.2) is 52.1 Å². The van der Waals surface area contributed by atoms with Gasteiger partial charge in [0.2, 0.25) is 0 Å². The van der Waals surface area contributed by atoms with E-state index in [4.69, 9.17) is 10.5 Å². The topological polar surface area (TPSA) is 87.5 Å². The first-order valence-electron chi connectivity index (χ1n) is 14.6. The van der Waals surface area contributed by atoms with Crippen molar-refractivity contribution in [2.24, 2.45) is 0 Å². The first kappa shape index (κ1) is 28.0. The average molecular weight is 520 g/mol. The van der Waals surface area contributed by atoms with Crippen LogP contribution in [0.15, 0.2) is 30.3 Å². The second-order valence-corrected chi connectivity index (χ2v) is 10.6. The number of ether oxygens (including phenoxy) is 1. The third kappa shape index (κ3) is 6.87. The number of aryl methyl sites for hydroxylation is 1. The van der Waals surface area contributed by atoms with Crippen molar-refractivity contribution < 1.29 is 9.53 Å². The van der Waals surface area contributed by atoms with Gasteiger partial charge in [-0.25, -0.2) is 0 Å². The molecule has 0 saturated carbocycles. The Kier molecular flexibility index (Phi) is 10.0. The number of aromatic amines is 1. The van der Waals surface area contributed by atoms with Gasteiger partial charge in [-0.3, -0.25) is 14.8 Å². The summed E-state index contributed by atoms with van der Waals surface area (Å²) < 4.78 is 6.02. The van der Waals surface area contributed by atoms with Crippen molar-refractivity contribution in [3.8, 4) is 5.75 Å². The zero-order valence-electron chi connectivity index (χ0n) is 23.5. The van der Waals surface area contributed by atoms with Crippen LogP contribution in [0.25, 0.3) is 10.9 Å². The van der Waals surface area contributed by atoms with Gasteiger partial charge in [-0.15, -0.1) is 0 Å². The third-order valence-corrected chi connectivity index (χ3v) is 7.66. The molecule has 2 aromatic carbocycles. The summed E-state index contributed by atoms with van der Waals surface area (Å²) in [4.78, 5) is 17.6. The number of piperidine rings is 1. The number of nitrogens with one attached hydrogen (secondary N) is 1. The zero-order valence-corrected chi connectivity index (χ0v) is 23.5. The second-order valence-electron chi connectivity index (χ2n) is 10.6. The van der Waals surface area contributed by atoms with Crippen molar-refractivity contribution in [3.63, 3.8) is 0 Å². The number of carbonyl (C=O) groups excluding carboxylic acids is 1. The highest BCUT2D eigenvalue weighted by Gasteiger charge is 2.26. The van der Waals surface area contributed by atoms with E-state index < -0.39 is 0 Å². The number of amides is 1. The van der Waals surface area contributed by atoms with Gasteiger partial charge in [0.25, 0.3) is 5.91 Å². The molecule has 1 saturated heterocycles. The summed E-state index contributed by atoms with van der Waals surface area (Å²) in [5, 5.41) is 8.30. The maximum Gasteiger partial charge on any atom is 0.256 e. The van der Waals surface area contributed by atoms with Crippen molar-refractivity contribution in [2.75, 3.05) is 32.0 Å². The van der Waals surface area contributed by atoms with Gasteiger partial charge in [-0.2, -0.15) is 5.10 Å². The molecule has 2 aliphatic heterocycles. The van der Waals surface area contributed by atoms with E-state index in [1.54, 1.807) is 6.07 Å². The van der Waals surface area contributed by atoms with Crippen molar-refractivity contribution in [1.29, 1.82) is 0 Å². The van der Waals surface area contributed by atoms with E-state index in [1.165, 1.54) is 63.6 Å². The minimum absolute atomic E-state index is 0.0450. The van der Waals surface area contributed by atoms with Crippen molar-refractivity contribution >= 4 is 22.5 Å². The molecule has 1 fully saturated rings. The van der Waals surface area contributed by atoms with Crippen LogP contribution in [-0.2, 0) is 19.5 Å². The van der Waals surface area contributed by atoms with Crippen LogP contribution in [0.1, 0.15) is 92.9 Å². The molecular weight excluding hydrogens is 474 g/mol. The number of aromatic nitrogens is 2. The van der Waals surface area contributed by atoms with Gasteiger partial charge in [0.15, 0.2) is 0 Å². The summed E-state index contributed by atoms with van der Waals surface area (Å²) in [6.45, 7) is 11.7. The number of nitrogen functional groups attached to an aromatic ring is 1. The summed E-state index contributed by atoms with van der Waals surface area (Å²) in [5.41, 5.74) is 11.4. The maximum atomic E-state index is 13.3. The van der Waals surface area contributed by atoms with E-state index in [-0.39, 0.29) is 5.91 Å². The van der Waals surface area contributed by atoms with Gasteiger partial charge >= 0.3 is 0 Å². The number of anilines is 1. The molecule has 0 atom stereocenters. The summed E-state index contributed by atoms with van der Waals surface area (Å²) in [5.74, 6) is 0.832. The Morgan fingerprint density at radius 2 is 1.74 bits per heavy atom. The summed E-state index contributed by atoms with van der Waals surface area (Å²) in [6.07, 6.45) is 10.3. The van der Waals surface area contributed by atoms with E-state index in [1.807, 2.05) is 17.0 Å². The van der Waals surface area contributed by atoms with Gasteiger partial charge in [-0.1, -0.05) is 58.9 Å². The molecule has 5 rings (SSSR count). The average Bonchev–Trinajstić information content (AvgIpc) is 3.55. The molecule has 38 heavy (non-hydrogen) atoms. The Morgan fingerprint density at radius 3 is 2.45 bits per heavy atom. The molecule has 1 amide bonds. The Hall–Kier alpha value is -3.06. The number of fused-ring (bicyclic) bond motifs is 2.